The molecule has 0 saturated carbocycles. The van der Waals surface area contributed by atoms with Gasteiger partial charge < -0.3 is 15.0 Å². The Hall–Kier alpha value is -1.13. The van der Waals surface area contributed by atoms with Crippen LogP contribution in [0.5, 0.6) is 0 Å². The fraction of sp³-hybridized carbons (Fsp3) is 0.688. The van der Waals surface area contributed by atoms with Crippen LogP contribution in [0.2, 0.25) is 0 Å². The standard InChI is InChI=1S/C16H29N3O/c1-6-15-10-14(12-17-13(3)4)11-16(18-15)19(7-2)8-9-20-5/h10-11,13,17H,6-9,12H2,1-5H3. The van der Waals surface area contributed by atoms with Gasteiger partial charge in [-0.05, 0) is 31.0 Å². The number of rotatable bonds is 9. The number of pyridine rings is 1. The molecule has 0 amide bonds. The number of anilines is 1. The molecule has 0 saturated heterocycles. The first kappa shape index (κ1) is 16.9. The zero-order chi connectivity index (χ0) is 15.0. The summed E-state index contributed by atoms with van der Waals surface area (Å²) in [6.07, 6.45) is 0.963. The van der Waals surface area contributed by atoms with Gasteiger partial charge in [0, 0.05) is 38.5 Å². The molecule has 1 rings (SSSR count). The summed E-state index contributed by atoms with van der Waals surface area (Å²) in [5, 5.41) is 3.47. The molecule has 0 fully saturated rings. The number of nitrogens with one attached hydrogen (secondary N) is 1. The van der Waals surface area contributed by atoms with Crippen LogP contribution in [0.3, 0.4) is 0 Å². The molecule has 0 aliphatic carbocycles. The topological polar surface area (TPSA) is 37.4 Å². The summed E-state index contributed by atoms with van der Waals surface area (Å²) in [7, 11) is 1.74. The quantitative estimate of drug-likeness (QED) is 0.754. The second-order valence-corrected chi connectivity index (χ2v) is 5.29. The second-order valence-electron chi connectivity index (χ2n) is 5.29. The second kappa shape index (κ2) is 8.93. The van der Waals surface area contributed by atoms with Crippen molar-refractivity contribution in [3.8, 4) is 0 Å². The molecule has 0 aromatic carbocycles. The normalized spacial score (nSPS) is 11.1. The van der Waals surface area contributed by atoms with Crippen molar-refractivity contribution >= 4 is 5.82 Å². The molecule has 0 unspecified atom stereocenters. The number of nitrogens with zero attached hydrogens (tertiary/aromatic N) is 2. The van der Waals surface area contributed by atoms with Crippen molar-refractivity contribution in [3.63, 3.8) is 0 Å². The van der Waals surface area contributed by atoms with Crippen LogP contribution in [0, 0.1) is 0 Å². The van der Waals surface area contributed by atoms with Crippen molar-refractivity contribution in [1.82, 2.24) is 10.3 Å². The summed E-state index contributed by atoms with van der Waals surface area (Å²) in [4.78, 5) is 7.01. The number of ether oxygens (including phenoxy) is 1. The first-order valence-electron chi connectivity index (χ1n) is 7.57. The van der Waals surface area contributed by atoms with Crippen LogP contribution in [-0.2, 0) is 17.7 Å². The average Bonchev–Trinajstić information content (AvgIpc) is 2.45. The maximum atomic E-state index is 5.18. The lowest BCUT2D eigenvalue weighted by Gasteiger charge is -2.23. The highest BCUT2D eigenvalue weighted by Crippen LogP contribution is 2.16. The molecule has 0 spiro atoms. The predicted octanol–water partition coefficient (Wildman–Crippen LogP) is 2.61. The summed E-state index contributed by atoms with van der Waals surface area (Å²) >= 11 is 0. The maximum absolute atomic E-state index is 5.18. The van der Waals surface area contributed by atoms with Crippen molar-refractivity contribution < 1.29 is 4.74 Å². The lowest BCUT2D eigenvalue weighted by atomic mass is 10.1. The van der Waals surface area contributed by atoms with Crippen LogP contribution in [0.15, 0.2) is 12.1 Å². The third-order valence-electron chi connectivity index (χ3n) is 3.27. The first-order chi connectivity index (χ1) is 9.60. The van der Waals surface area contributed by atoms with Gasteiger partial charge in [0.05, 0.1) is 6.61 Å². The summed E-state index contributed by atoms with van der Waals surface area (Å²) in [6.45, 7) is 12.1. The molecule has 1 N–H and O–H groups in total. The molecule has 0 aliphatic rings. The minimum atomic E-state index is 0.493. The Morgan fingerprint density at radius 2 is 2.05 bits per heavy atom. The molecule has 1 aromatic rings. The molecule has 4 nitrogen and oxygen atoms in total. The molecular formula is C16H29N3O. The van der Waals surface area contributed by atoms with Crippen molar-refractivity contribution in [2.75, 3.05) is 31.7 Å². The minimum absolute atomic E-state index is 0.493. The van der Waals surface area contributed by atoms with E-state index < -0.39 is 0 Å². The number of hydrogen-bond donors (Lipinski definition) is 1. The van der Waals surface area contributed by atoms with E-state index in [9.17, 15) is 0 Å². The van der Waals surface area contributed by atoms with Gasteiger partial charge in [-0.1, -0.05) is 20.8 Å². The summed E-state index contributed by atoms with van der Waals surface area (Å²) in [5.74, 6) is 1.06. The third-order valence-corrected chi connectivity index (χ3v) is 3.27. The summed E-state index contributed by atoms with van der Waals surface area (Å²) < 4.78 is 5.18. The molecule has 0 atom stereocenters. The molecule has 4 heteroatoms. The number of aromatic nitrogens is 1. The van der Waals surface area contributed by atoms with Crippen molar-refractivity contribution in [2.24, 2.45) is 0 Å². The van der Waals surface area contributed by atoms with Crippen molar-refractivity contribution in [1.29, 1.82) is 0 Å². The Morgan fingerprint density at radius 3 is 2.60 bits per heavy atom. The van der Waals surface area contributed by atoms with Gasteiger partial charge in [-0.15, -0.1) is 0 Å². The number of aryl methyl sites for hydroxylation is 1. The summed E-state index contributed by atoms with van der Waals surface area (Å²) in [5.41, 5.74) is 2.45. The molecule has 0 bridgehead atoms. The van der Waals surface area contributed by atoms with Crippen LogP contribution in [0.1, 0.15) is 39.0 Å². The zero-order valence-corrected chi connectivity index (χ0v) is 13.6. The Labute approximate surface area is 123 Å². The SMILES string of the molecule is CCc1cc(CNC(C)C)cc(N(CC)CCOC)n1. The van der Waals surface area contributed by atoms with E-state index in [1.165, 1.54) is 5.56 Å². The number of hydrogen-bond acceptors (Lipinski definition) is 4. The summed E-state index contributed by atoms with van der Waals surface area (Å²) in [6, 6.07) is 4.88. The van der Waals surface area contributed by atoms with E-state index in [4.69, 9.17) is 9.72 Å². The van der Waals surface area contributed by atoms with Crippen LogP contribution in [0.25, 0.3) is 0 Å². The highest BCUT2D eigenvalue weighted by Gasteiger charge is 2.09. The van der Waals surface area contributed by atoms with E-state index in [-0.39, 0.29) is 0 Å². The lowest BCUT2D eigenvalue weighted by molar-refractivity contribution is 0.205. The van der Waals surface area contributed by atoms with Gasteiger partial charge in [0.1, 0.15) is 5.82 Å². The molecule has 0 aliphatic heterocycles. The Bertz CT molecular complexity index is 393. The van der Waals surface area contributed by atoms with Gasteiger partial charge in [0.2, 0.25) is 0 Å². The first-order valence-corrected chi connectivity index (χ1v) is 7.57. The van der Waals surface area contributed by atoms with E-state index in [1.807, 2.05) is 0 Å². The molecule has 1 heterocycles. The smallest absolute Gasteiger partial charge is 0.129 e. The van der Waals surface area contributed by atoms with E-state index in [2.05, 4.69) is 50.0 Å². The largest absolute Gasteiger partial charge is 0.383 e. The van der Waals surface area contributed by atoms with Gasteiger partial charge in [0.15, 0.2) is 0 Å². The van der Waals surface area contributed by atoms with Crippen molar-refractivity contribution in [3.05, 3.63) is 23.4 Å². The molecular weight excluding hydrogens is 250 g/mol. The van der Waals surface area contributed by atoms with E-state index in [0.29, 0.717) is 6.04 Å². The Kier molecular flexibility index (Phi) is 7.55. The highest BCUT2D eigenvalue weighted by molar-refractivity contribution is 5.42. The van der Waals surface area contributed by atoms with Crippen LogP contribution < -0.4 is 10.2 Å². The van der Waals surface area contributed by atoms with E-state index in [1.54, 1.807) is 7.11 Å². The Balaban J connectivity index is 2.89. The third kappa shape index (κ3) is 5.47. The lowest BCUT2D eigenvalue weighted by Crippen LogP contribution is -2.28. The van der Waals surface area contributed by atoms with Crippen LogP contribution in [-0.4, -0.2) is 37.8 Å². The monoisotopic (exact) mass is 279 g/mol. The highest BCUT2D eigenvalue weighted by atomic mass is 16.5. The van der Waals surface area contributed by atoms with Gasteiger partial charge >= 0.3 is 0 Å². The fourth-order valence-corrected chi connectivity index (χ4v) is 2.04. The molecule has 20 heavy (non-hydrogen) atoms. The molecule has 1 aromatic heterocycles. The maximum Gasteiger partial charge on any atom is 0.129 e. The van der Waals surface area contributed by atoms with Gasteiger partial charge in [-0.2, -0.15) is 0 Å². The molecule has 0 radical (unpaired) electrons. The number of methoxy groups -OCH3 is 1. The fourth-order valence-electron chi connectivity index (χ4n) is 2.04. The zero-order valence-electron chi connectivity index (χ0n) is 13.6. The van der Waals surface area contributed by atoms with Gasteiger partial charge in [0.25, 0.3) is 0 Å². The van der Waals surface area contributed by atoms with E-state index in [0.717, 1.165) is 44.2 Å². The predicted molar refractivity (Wildman–Crippen MR) is 85.4 cm³/mol. The molecule has 114 valence electrons. The van der Waals surface area contributed by atoms with Gasteiger partial charge in [-0.3, -0.25) is 0 Å². The van der Waals surface area contributed by atoms with Gasteiger partial charge in [-0.25, -0.2) is 4.98 Å². The van der Waals surface area contributed by atoms with Crippen LogP contribution in [0.4, 0.5) is 5.82 Å². The van der Waals surface area contributed by atoms with Crippen LogP contribution >= 0.6 is 0 Å². The Morgan fingerprint density at radius 1 is 1.30 bits per heavy atom. The average molecular weight is 279 g/mol. The number of likely N-dealkylation sites (N-methyl/N-ethyl adjacent to an activating group) is 1. The van der Waals surface area contributed by atoms with E-state index >= 15 is 0 Å². The van der Waals surface area contributed by atoms with Crippen molar-refractivity contribution in [2.45, 2.75) is 46.7 Å². The minimum Gasteiger partial charge on any atom is -0.383 e.